The fourth-order valence-electron chi connectivity index (χ4n) is 1.48. The van der Waals surface area contributed by atoms with Gasteiger partial charge in [0.05, 0.1) is 23.4 Å². The Morgan fingerprint density at radius 1 is 1.33 bits per heavy atom. The monoisotopic (exact) mass is 272 g/mol. The molecule has 0 fully saturated rings. The van der Waals surface area contributed by atoms with Crippen LogP contribution in [0, 0.1) is 0 Å². The highest BCUT2D eigenvalue weighted by molar-refractivity contribution is 7.91. The molecule has 1 heterocycles. The molecule has 0 aromatic carbocycles. The summed E-state index contributed by atoms with van der Waals surface area (Å²) in [6, 6.07) is 3.65. The lowest BCUT2D eigenvalue weighted by Crippen LogP contribution is -2.16. The molecule has 0 saturated heterocycles. The Labute approximate surface area is 108 Å². The minimum atomic E-state index is -2.97. The van der Waals surface area contributed by atoms with E-state index in [-0.39, 0.29) is 18.1 Å². The Morgan fingerprint density at radius 3 is 2.67 bits per heavy atom. The first-order valence-electron chi connectivity index (χ1n) is 6.00. The van der Waals surface area contributed by atoms with Crippen molar-refractivity contribution in [3.05, 3.63) is 24.0 Å². The van der Waals surface area contributed by atoms with Crippen LogP contribution in [0.4, 0.5) is 0 Å². The molecule has 0 amide bonds. The van der Waals surface area contributed by atoms with E-state index in [1.165, 1.54) is 0 Å². The van der Waals surface area contributed by atoms with Gasteiger partial charge in [-0.25, -0.2) is 8.42 Å². The van der Waals surface area contributed by atoms with Crippen molar-refractivity contribution in [2.75, 3.05) is 25.2 Å². The van der Waals surface area contributed by atoms with E-state index in [0.29, 0.717) is 18.7 Å². The van der Waals surface area contributed by atoms with Crippen molar-refractivity contribution >= 4 is 9.84 Å². The summed E-state index contributed by atoms with van der Waals surface area (Å²) >= 11 is 0. The van der Waals surface area contributed by atoms with Crippen LogP contribution >= 0.6 is 0 Å². The molecule has 0 bridgehead atoms. The minimum absolute atomic E-state index is 0.0547. The van der Waals surface area contributed by atoms with Crippen molar-refractivity contribution in [1.29, 1.82) is 0 Å². The van der Waals surface area contributed by atoms with Gasteiger partial charge in [0.2, 0.25) is 0 Å². The van der Waals surface area contributed by atoms with Gasteiger partial charge in [-0.3, -0.25) is 4.98 Å². The van der Waals surface area contributed by atoms with Gasteiger partial charge in [0, 0.05) is 6.54 Å². The summed E-state index contributed by atoms with van der Waals surface area (Å²) in [6.45, 7) is 2.73. The molecule has 0 unspecified atom stereocenters. The van der Waals surface area contributed by atoms with E-state index < -0.39 is 9.84 Å². The molecule has 0 aliphatic carbocycles. The van der Waals surface area contributed by atoms with E-state index in [1.54, 1.807) is 12.3 Å². The van der Waals surface area contributed by atoms with Crippen molar-refractivity contribution in [2.24, 2.45) is 0 Å². The van der Waals surface area contributed by atoms with Crippen LogP contribution in [-0.2, 0) is 16.4 Å². The van der Waals surface area contributed by atoms with Gasteiger partial charge in [0.15, 0.2) is 9.84 Å². The predicted octanol–water partition coefficient (Wildman–Crippen LogP) is 1.00. The molecule has 1 rings (SSSR count). The largest absolute Gasteiger partial charge is 0.491 e. The van der Waals surface area contributed by atoms with Crippen LogP contribution in [0.25, 0.3) is 0 Å². The average Bonchev–Trinajstić information content (AvgIpc) is 2.31. The van der Waals surface area contributed by atoms with Gasteiger partial charge in [0.25, 0.3) is 0 Å². The van der Waals surface area contributed by atoms with E-state index in [9.17, 15) is 8.42 Å². The number of rotatable bonds is 8. The highest BCUT2D eigenvalue weighted by Crippen LogP contribution is 2.09. The molecule has 1 N–H and O–H groups in total. The molecule has 1 aromatic heterocycles. The Morgan fingerprint density at radius 2 is 2.11 bits per heavy atom. The molecule has 5 nitrogen and oxygen atoms in total. The second-order valence-corrected chi connectivity index (χ2v) is 6.32. The summed E-state index contributed by atoms with van der Waals surface area (Å²) in [5.41, 5.74) is 0.920. The third-order valence-corrected chi connectivity index (χ3v) is 4.15. The van der Waals surface area contributed by atoms with E-state index in [4.69, 9.17) is 4.74 Å². The second kappa shape index (κ2) is 7.33. The molecule has 0 radical (unpaired) electrons. The van der Waals surface area contributed by atoms with Crippen molar-refractivity contribution in [3.8, 4) is 5.75 Å². The van der Waals surface area contributed by atoms with Gasteiger partial charge < -0.3 is 10.1 Å². The zero-order valence-electron chi connectivity index (χ0n) is 10.8. The summed E-state index contributed by atoms with van der Waals surface area (Å²) in [7, 11) is -1.12. The van der Waals surface area contributed by atoms with Crippen molar-refractivity contribution in [1.82, 2.24) is 10.3 Å². The molecular weight excluding hydrogens is 252 g/mol. The Bertz CT molecular complexity index is 443. The minimum Gasteiger partial charge on any atom is -0.491 e. The number of hydrogen-bond acceptors (Lipinski definition) is 5. The summed E-state index contributed by atoms with van der Waals surface area (Å²) in [5.74, 6) is 0.871. The quantitative estimate of drug-likeness (QED) is 0.765. The van der Waals surface area contributed by atoms with Gasteiger partial charge in [-0.15, -0.1) is 0 Å². The summed E-state index contributed by atoms with van der Waals surface area (Å²) in [5, 5.41) is 3.00. The molecule has 0 spiro atoms. The maximum absolute atomic E-state index is 11.5. The number of ether oxygens (including phenoxy) is 1. The second-order valence-electron chi connectivity index (χ2n) is 4.02. The Hall–Kier alpha value is -1.14. The Kier molecular flexibility index (Phi) is 6.07. The first kappa shape index (κ1) is 14.9. The summed E-state index contributed by atoms with van der Waals surface area (Å²) in [6.07, 6.45) is 2.25. The van der Waals surface area contributed by atoms with Crippen LogP contribution in [0.5, 0.6) is 5.75 Å². The Balaban J connectivity index is 2.40. The molecule has 6 heteroatoms. The number of hydrogen-bond donors (Lipinski definition) is 1. The van der Waals surface area contributed by atoms with Gasteiger partial charge in [0.1, 0.15) is 12.4 Å². The van der Waals surface area contributed by atoms with E-state index in [0.717, 1.165) is 5.69 Å². The van der Waals surface area contributed by atoms with Crippen molar-refractivity contribution in [3.63, 3.8) is 0 Å². The topological polar surface area (TPSA) is 68.3 Å². The fourth-order valence-corrected chi connectivity index (χ4v) is 2.64. The van der Waals surface area contributed by atoms with Crippen LogP contribution in [0.2, 0.25) is 0 Å². The fraction of sp³-hybridized carbons (Fsp3) is 0.583. The smallest absolute Gasteiger partial charge is 0.153 e. The molecule has 1 aromatic rings. The SMILES string of the molecule is CCCS(=O)(=O)CCOc1ccc(CNC)nc1. The third-order valence-electron chi connectivity index (χ3n) is 2.33. The van der Waals surface area contributed by atoms with Crippen LogP contribution < -0.4 is 10.1 Å². The average molecular weight is 272 g/mol. The molecule has 0 saturated carbocycles. The number of sulfone groups is 1. The number of pyridine rings is 1. The molecule has 0 aliphatic rings. The maximum atomic E-state index is 11.5. The van der Waals surface area contributed by atoms with E-state index in [1.807, 2.05) is 20.0 Å². The first-order valence-corrected chi connectivity index (χ1v) is 7.82. The molecule has 0 atom stereocenters. The van der Waals surface area contributed by atoms with Crippen LogP contribution in [0.15, 0.2) is 18.3 Å². The molecule has 18 heavy (non-hydrogen) atoms. The first-order chi connectivity index (χ1) is 8.57. The lowest BCUT2D eigenvalue weighted by Gasteiger charge is -2.07. The van der Waals surface area contributed by atoms with Gasteiger partial charge in [-0.1, -0.05) is 6.92 Å². The normalized spacial score (nSPS) is 11.4. The summed E-state index contributed by atoms with van der Waals surface area (Å²) in [4.78, 5) is 4.18. The molecular formula is C12H20N2O3S. The lowest BCUT2D eigenvalue weighted by atomic mass is 10.3. The molecule has 102 valence electrons. The highest BCUT2D eigenvalue weighted by Gasteiger charge is 2.09. The standard InChI is InChI=1S/C12H20N2O3S/c1-3-7-18(15,16)8-6-17-12-5-4-11(9-13-2)14-10-12/h4-5,10,13H,3,6-9H2,1-2H3. The number of nitrogens with zero attached hydrogens (tertiary/aromatic N) is 1. The third kappa shape index (κ3) is 5.46. The van der Waals surface area contributed by atoms with Crippen molar-refractivity contribution < 1.29 is 13.2 Å². The van der Waals surface area contributed by atoms with Gasteiger partial charge in [-0.2, -0.15) is 0 Å². The zero-order valence-corrected chi connectivity index (χ0v) is 11.7. The van der Waals surface area contributed by atoms with E-state index in [2.05, 4.69) is 10.3 Å². The maximum Gasteiger partial charge on any atom is 0.153 e. The van der Waals surface area contributed by atoms with Crippen LogP contribution in [-0.4, -0.2) is 38.6 Å². The van der Waals surface area contributed by atoms with Crippen LogP contribution in [0.3, 0.4) is 0 Å². The molecule has 0 aliphatic heterocycles. The summed E-state index contributed by atoms with van der Waals surface area (Å²) < 4.78 is 28.3. The zero-order chi connectivity index (χ0) is 13.4. The van der Waals surface area contributed by atoms with E-state index >= 15 is 0 Å². The van der Waals surface area contributed by atoms with Gasteiger partial charge >= 0.3 is 0 Å². The van der Waals surface area contributed by atoms with Crippen molar-refractivity contribution in [2.45, 2.75) is 19.9 Å². The lowest BCUT2D eigenvalue weighted by molar-refractivity contribution is 0.339. The van der Waals surface area contributed by atoms with Gasteiger partial charge in [-0.05, 0) is 25.6 Å². The predicted molar refractivity (Wildman–Crippen MR) is 71.4 cm³/mol. The highest BCUT2D eigenvalue weighted by atomic mass is 32.2. The van der Waals surface area contributed by atoms with Crippen LogP contribution in [0.1, 0.15) is 19.0 Å². The number of nitrogens with one attached hydrogen (secondary N) is 1. The number of aromatic nitrogens is 1.